The molecule has 0 aliphatic carbocycles. The number of esters is 1. The first-order valence-corrected chi connectivity index (χ1v) is 6.15. The summed E-state index contributed by atoms with van der Waals surface area (Å²) < 4.78 is 5.39. The molecule has 2 rings (SSSR count). The van der Waals surface area contributed by atoms with Crippen molar-refractivity contribution in [3.8, 4) is 5.75 Å². The molecule has 2 N–H and O–H groups in total. The highest BCUT2D eigenvalue weighted by Gasteiger charge is 2.30. The first-order chi connectivity index (χ1) is 8.37. The first kappa shape index (κ1) is 12.9. The van der Waals surface area contributed by atoms with E-state index in [4.69, 9.17) is 4.74 Å². The Kier molecular flexibility index (Phi) is 3.30. The van der Waals surface area contributed by atoms with Gasteiger partial charge in [-0.2, -0.15) is 0 Å². The monoisotopic (exact) mass is 249 g/mol. The van der Waals surface area contributed by atoms with Crippen LogP contribution in [-0.2, 0) is 16.0 Å². The van der Waals surface area contributed by atoms with Gasteiger partial charge in [0.25, 0.3) is 0 Å². The number of aromatic hydroxyl groups is 1. The van der Waals surface area contributed by atoms with Crippen LogP contribution in [0.2, 0.25) is 0 Å². The number of hydrogen-bond donors (Lipinski definition) is 2. The lowest BCUT2D eigenvalue weighted by molar-refractivity contribution is -0.157. The highest BCUT2D eigenvalue weighted by atomic mass is 16.6. The Labute approximate surface area is 107 Å². The van der Waals surface area contributed by atoms with E-state index in [9.17, 15) is 9.90 Å². The van der Waals surface area contributed by atoms with Crippen LogP contribution in [0.15, 0.2) is 18.2 Å². The lowest BCUT2D eigenvalue weighted by Crippen LogP contribution is -2.39. The van der Waals surface area contributed by atoms with Gasteiger partial charge in [0.2, 0.25) is 0 Å². The van der Waals surface area contributed by atoms with E-state index in [2.05, 4.69) is 5.32 Å². The van der Waals surface area contributed by atoms with Gasteiger partial charge in [-0.1, -0.05) is 6.07 Å². The van der Waals surface area contributed by atoms with Crippen molar-refractivity contribution < 1.29 is 14.6 Å². The summed E-state index contributed by atoms with van der Waals surface area (Å²) in [4.78, 5) is 12.1. The van der Waals surface area contributed by atoms with Crippen LogP contribution in [0.1, 0.15) is 37.9 Å². The zero-order chi connectivity index (χ0) is 13.3. The van der Waals surface area contributed by atoms with Gasteiger partial charge in [0.1, 0.15) is 17.4 Å². The lowest BCUT2D eigenvalue weighted by atomic mass is 9.94. The number of hydrogen-bond acceptors (Lipinski definition) is 4. The molecule has 98 valence electrons. The molecular weight excluding hydrogens is 230 g/mol. The second-order valence-electron chi connectivity index (χ2n) is 5.55. The van der Waals surface area contributed by atoms with Crippen molar-refractivity contribution >= 4 is 5.97 Å². The maximum Gasteiger partial charge on any atom is 0.328 e. The predicted molar refractivity (Wildman–Crippen MR) is 68.4 cm³/mol. The zero-order valence-electron chi connectivity index (χ0n) is 11.0. The average molecular weight is 249 g/mol. The van der Waals surface area contributed by atoms with Crippen molar-refractivity contribution in [2.75, 3.05) is 6.54 Å². The van der Waals surface area contributed by atoms with E-state index in [0.717, 1.165) is 24.1 Å². The van der Waals surface area contributed by atoms with Gasteiger partial charge in [0.05, 0.1) is 0 Å². The molecule has 1 heterocycles. The summed E-state index contributed by atoms with van der Waals surface area (Å²) in [6.07, 6.45) is 0.856. The quantitative estimate of drug-likeness (QED) is 0.747. The van der Waals surface area contributed by atoms with E-state index in [-0.39, 0.29) is 11.7 Å². The zero-order valence-corrected chi connectivity index (χ0v) is 11.0. The number of carbonyl (C=O) groups excluding carboxylic acids is 1. The third kappa shape index (κ3) is 2.82. The highest BCUT2D eigenvalue weighted by molar-refractivity contribution is 5.79. The summed E-state index contributed by atoms with van der Waals surface area (Å²) in [5.74, 6) is -0.125. The minimum absolute atomic E-state index is 0.172. The molecule has 1 atom stereocenters. The van der Waals surface area contributed by atoms with Gasteiger partial charge in [0, 0.05) is 6.54 Å². The van der Waals surface area contributed by atoms with Crippen LogP contribution in [0, 0.1) is 0 Å². The van der Waals surface area contributed by atoms with Crippen LogP contribution in [0.3, 0.4) is 0 Å². The maximum absolute atomic E-state index is 12.1. The Morgan fingerprint density at radius 1 is 1.44 bits per heavy atom. The van der Waals surface area contributed by atoms with Crippen LogP contribution >= 0.6 is 0 Å². The summed E-state index contributed by atoms with van der Waals surface area (Å²) in [6, 6.07) is 4.66. The number of fused-ring (bicyclic) bond motifs is 1. The highest BCUT2D eigenvalue weighted by Crippen LogP contribution is 2.28. The average Bonchev–Trinajstić information content (AvgIpc) is 2.25. The van der Waals surface area contributed by atoms with Gasteiger partial charge >= 0.3 is 5.97 Å². The van der Waals surface area contributed by atoms with Crippen LogP contribution < -0.4 is 5.32 Å². The molecule has 0 spiro atoms. The second-order valence-corrected chi connectivity index (χ2v) is 5.55. The number of ether oxygens (including phenoxy) is 1. The molecule has 0 bridgehead atoms. The van der Waals surface area contributed by atoms with Gasteiger partial charge in [-0.05, 0) is 50.5 Å². The molecule has 1 aromatic carbocycles. The van der Waals surface area contributed by atoms with Crippen molar-refractivity contribution in [2.24, 2.45) is 0 Å². The van der Waals surface area contributed by atoms with Crippen LogP contribution in [-0.4, -0.2) is 23.2 Å². The molecule has 0 saturated carbocycles. The summed E-state index contributed by atoms with van der Waals surface area (Å²) in [5, 5.41) is 12.7. The smallest absolute Gasteiger partial charge is 0.328 e. The van der Waals surface area contributed by atoms with E-state index in [1.54, 1.807) is 12.1 Å². The van der Waals surface area contributed by atoms with E-state index in [1.165, 1.54) is 0 Å². The van der Waals surface area contributed by atoms with Gasteiger partial charge in [-0.3, -0.25) is 0 Å². The molecule has 1 aliphatic rings. The van der Waals surface area contributed by atoms with Gasteiger partial charge in [0.15, 0.2) is 0 Å². The largest absolute Gasteiger partial charge is 0.508 e. The molecule has 1 aliphatic heterocycles. The Bertz CT molecular complexity index is 463. The molecule has 4 heteroatoms. The van der Waals surface area contributed by atoms with E-state index >= 15 is 0 Å². The topological polar surface area (TPSA) is 58.6 Å². The molecular formula is C14H19NO3. The predicted octanol–water partition coefficient (Wildman–Crippen LogP) is 1.92. The third-order valence-electron chi connectivity index (χ3n) is 2.83. The van der Waals surface area contributed by atoms with E-state index < -0.39 is 11.6 Å². The Morgan fingerprint density at radius 3 is 2.83 bits per heavy atom. The third-order valence-corrected chi connectivity index (χ3v) is 2.83. The molecule has 18 heavy (non-hydrogen) atoms. The van der Waals surface area contributed by atoms with Gasteiger partial charge in [-0.25, -0.2) is 4.79 Å². The van der Waals surface area contributed by atoms with Crippen molar-refractivity contribution in [3.05, 3.63) is 29.3 Å². The molecule has 0 fully saturated rings. The second kappa shape index (κ2) is 4.61. The summed E-state index contributed by atoms with van der Waals surface area (Å²) in [7, 11) is 0. The Hall–Kier alpha value is -1.55. The van der Waals surface area contributed by atoms with Crippen molar-refractivity contribution in [2.45, 2.75) is 38.8 Å². The standard InChI is InChI=1S/C14H19NO3/c1-14(2,3)18-13(17)12-11-8-10(16)5-4-9(11)6-7-15-12/h4-5,8,12,15-16H,6-7H2,1-3H3/t12-/m0/s1. The number of phenols is 1. The SMILES string of the molecule is CC(C)(C)OC(=O)[C@H]1NCCc2ccc(O)cc21. The lowest BCUT2D eigenvalue weighted by Gasteiger charge is -2.29. The minimum Gasteiger partial charge on any atom is -0.508 e. The van der Waals surface area contributed by atoms with Gasteiger partial charge < -0.3 is 15.2 Å². The van der Waals surface area contributed by atoms with Crippen LogP contribution in [0.5, 0.6) is 5.75 Å². The fourth-order valence-electron chi connectivity index (χ4n) is 2.11. The molecule has 0 amide bonds. The Balaban J connectivity index is 2.27. The normalized spacial score (nSPS) is 19.2. The number of carbonyl (C=O) groups is 1. The van der Waals surface area contributed by atoms with E-state index in [1.807, 2.05) is 26.8 Å². The fourth-order valence-corrected chi connectivity index (χ4v) is 2.11. The fraction of sp³-hybridized carbons (Fsp3) is 0.500. The Morgan fingerprint density at radius 2 is 2.17 bits per heavy atom. The van der Waals surface area contributed by atoms with E-state index in [0.29, 0.717) is 0 Å². The molecule has 0 radical (unpaired) electrons. The van der Waals surface area contributed by atoms with Crippen molar-refractivity contribution in [1.82, 2.24) is 5.32 Å². The van der Waals surface area contributed by atoms with Crippen LogP contribution in [0.4, 0.5) is 0 Å². The van der Waals surface area contributed by atoms with Crippen molar-refractivity contribution in [3.63, 3.8) is 0 Å². The van der Waals surface area contributed by atoms with Crippen molar-refractivity contribution in [1.29, 1.82) is 0 Å². The number of rotatable bonds is 1. The summed E-state index contributed by atoms with van der Waals surface area (Å²) in [6.45, 7) is 6.27. The summed E-state index contributed by atoms with van der Waals surface area (Å²) >= 11 is 0. The van der Waals surface area contributed by atoms with Gasteiger partial charge in [-0.15, -0.1) is 0 Å². The first-order valence-electron chi connectivity index (χ1n) is 6.15. The molecule has 0 unspecified atom stereocenters. The number of nitrogens with one attached hydrogen (secondary N) is 1. The molecule has 1 aromatic rings. The molecule has 0 aromatic heterocycles. The number of phenolic OH excluding ortho intramolecular Hbond substituents is 1. The summed E-state index contributed by atoms with van der Waals surface area (Å²) in [5.41, 5.74) is 1.39. The minimum atomic E-state index is -0.507. The maximum atomic E-state index is 12.1. The molecule has 4 nitrogen and oxygen atoms in total. The van der Waals surface area contributed by atoms with Crippen LogP contribution in [0.25, 0.3) is 0 Å². The number of benzene rings is 1. The molecule has 0 saturated heterocycles.